The molecule has 0 amide bonds. The minimum Gasteiger partial charge on any atom is -0.478 e. The van der Waals surface area contributed by atoms with Crippen LogP contribution in [0.2, 0.25) is 0 Å². The molecule has 152 valence electrons. The van der Waals surface area contributed by atoms with E-state index in [1.54, 1.807) is 17.8 Å². The number of allylic oxidation sites excluding steroid dienone is 2. The van der Waals surface area contributed by atoms with E-state index in [1.165, 1.54) is 5.57 Å². The Balaban J connectivity index is 1.86. The van der Waals surface area contributed by atoms with Crippen molar-refractivity contribution < 1.29 is 9.90 Å². The first-order chi connectivity index (χ1) is 14.6. The van der Waals surface area contributed by atoms with Gasteiger partial charge in [0.15, 0.2) is 0 Å². The van der Waals surface area contributed by atoms with Gasteiger partial charge < -0.3 is 5.11 Å². The van der Waals surface area contributed by atoms with Crippen molar-refractivity contribution in [2.75, 3.05) is 0 Å². The quantitative estimate of drug-likeness (QED) is 0.350. The second kappa shape index (κ2) is 8.94. The number of halogens is 1. The van der Waals surface area contributed by atoms with Crippen LogP contribution in [0.25, 0.3) is 22.6 Å². The Morgan fingerprint density at radius 2 is 2.00 bits per heavy atom. The first-order valence-electron chi connectivity index (χ1n) is 9.71. The number of thioether (sulfide) groups is 1. The molecule has 0 saturated heterocycles. The van der Waals surface area contributed by atoms with E-state index in [1.807, 2.05) is 36.5 Å². The number of nitrogens with one attached hydrogen (secondary N) is 1. The normalized spacial score (nSPS) is 19.5. The molecule has 1 aromatic heterocycles. The Hall–Kier alpha value is -2.76. The third kappa shape index (κ3) is 4.23. The first-order valence-corrected chi connectivity index (χ1v) is 11.1. The number of nitrogens with zero attached hydrogens (tertiary/aromatic N) is 1. The van der Waals surface area contributed by atoms with E-state index in [-0.39, 0.29) is 10.6 Å². The van der Waals surface area contributed by atoms with E-state index in [0.29, 0.717) is 0 Å². The van der Waals surface area contributed by atoms with Crippen LogP contribution >= 0.6 is 23.4 Å². The van der Waals surface area contributed by atoms with E-state index in [0.717, 1.165) is 45.7 Å². The number of hydrogen-bond donors (Lipinski definition) is 2. The number of carbonyl (C=O) groups is 1. The molecule has 1 aliphatic rings. The number of benzene rings is 2. The number of aliphatic carboxylic acids is 1. The molecule has 0 radical (unpaired) electrons. The molecule has 2 aromatic carbocycles. The van der Waals surface area contributed by atoms with Crippen LogP contribution in [0, 0.1) is 5.92 Å². The summed E-state index contributed by atoms with van der Waals surface area (Å²) >= 11 is 8.27. The summed E-state index contributed by atoms with van der Waals surface area (Å²) in [6.07, 6.45) is 7.63. The molecule has 0 aliphatic carbocycles. The van der Waals surface area contributed by atoms with Crippen LogP contribution < -0.4 is 0 Å². The van der Waals surface area contributed by atoms with Gasteiger partial charge >= 0.3 is 5.97 Å². The highest BCUT2D eigenvalue weighted by atomic mass is 35.5. The van der Waals surface area contributed by atoms with Gasteiger partial charge in [-0.15, -0.1) is 23.4 Å². The van der Waals surface area contributed by atoms with Crippen LogP contribution in [0.4, 0.5) is 0 Å². The van der Waals surface area contributed by atoms with Crippen molar-refractivity contribution in [1.82, 2.24) is 10.2 Å². The summed E-state index contributed by atoms with van der Waals surface area (Å²) < 4.78 is -0.0228. The van der Waals surface area contributed by atoms with Crippen molar-refractivity contribution in [3.8, 4) is 0 Å². The second-order valence-electron chi connectivity index (χ2n) is 7.06. The molecule has 3 aromatic rings. The van der Waals surface area contributed by atoms with Gasteiger partial charge in [-0.05, 0) is 52.3 Å². The lowest BCUT2D eigenvalue weighted by Gasteiger charge is -2.22. The summed E-state index contributed by atoms with van der Waals surface area (Å²) in [5.74, 6) is -0.802. The Bertz CT molecular complexity index is 1160. The minimum absolute atomic E-state index is 0.0228. The van der Waals surface area contributed by atoms with E-state index in [4.69, 9.17) is 16.7 Å². The molecule has 2 atom stereocenters. The highest BCUT2D eigenvalue weighted by molar-refractivity contribution is 8.04. The summed E-state index contributed by atoms with van der Waals surface area (Å²) in [6.45, 7) is 2.16. The molecule has 2 heterocycles. The van der Waals surface area contributed by atoms with Crippen molar-refractivity contribution >= 4 is 51.9 Å². The maximum Gasteiger partial charge on any atom is 0.328 e. The zero-order valence-electron chi connectivity index (χ0n) is 16.4. The number of hydrogen-bond acceptors (Lipinski definition) is 3. The monoisotopic (exact) mass is 436 g/mol. The minimum atomic E-state index is -0.958. The van der Waals surface area contributed by atoms with Crippen LogP contribution in [0.1, 0.15) is 30.0 Å². The highest BCUT2D eigenvalue weighted by Gasteiger charge is 2.27. The number of carboxylic acids is 1. The van der Waals surface area contributed by atoms with E-state index >= 15 is 0 Å². The fourth-order valence-electron chi connectivity index (χ4n) is 3.79. The molecule has 0 spiro atoms. The van der Waals surface area contributed by atoms with Crippen LogP contribution in [-0.4, -0.2) is 26.0 Å². The third-order valence-electron chi connectivity index (χ3n) is 5.23. The summed E-state index contributed by atoms with van der Waals surface area (Å²) in [6, 6.07) is 14.3. The maximum absolute atomic E-state index is 10.8. The Labute approximate surface area is 184 Å². The van der Waals surface area contributed by atoms with Crippen molar-refractivity contribution in [3.05, 3.63) is 88.5 Å². The molecular formula is C24H21ClN2O2S. The van der Waals surface area contributed by atoms with Gasteiger partial charge in [0.05, 0.1) is 16.4 Å². The number of H-pyrrole nitrogens is 1. The SMILES string of the molecule is CC/C(=C(/c1ccc(/C=C/C(=O)O)cc1)c1ccc2[nH]ncc2c1)C1C=CSC1Cl. The van der Waals surface area contributed by atoms with Gasteiger partial charge in [0.1, 0.15) is 0 Å². The predicted molar refractivity (Wildman–Crippen MR) is 125 cm³/mol. The van der Waals surface area contributed by atoms with Crippen molar-refractivity contribution in [2.24, 2.45) is 5.92 Å². The second-order valence-corrected chi connectivity index (χ2v) is 8.84. The Morgan fingerprint density at radius 3 is 2.67 bits per heavy atom. The van der Waals surface area contributed by atoms with Gasteiger partial charge in [0, 0.05) is 17.4 Å². The summed E-state index contributed by atoms with van der Waals surface area (Å²) in [7, 11) is 0. The van der Waals surface area contributed by atoms with Crippen molar-refractivity contribution in [2.45, 2.75) is 18.1 Å². The zero-order chi connectivity index (χ0) is 21.1. The molecular weight excluding hydrogens is 416 g/mol. The molecule has 0 fully saturated rings. The lowest BCUT2D eigenvalue weighted by atomic mass is 9.85. The van der Waals surface area contributed by atoms with Gasteiger partial charge in [-0.2, -0.15) is 5.10 Å². The maximum atomic E-state index is 10.8. The molecule has 0 saturated carbocycles. The number of carboxylic acid groups (broad SMARTS) is 1. The lowest BCUT2D eigenvalue weighted by molar-refractivity contribution is -0.131. The fourth-order valence-corrected chi connectivity index (χ4v) is 5.04. The number of aromatic nitrogens is 2. The van der Waals surface area contributed by atoms with Crippen LogP contribution in [0.3, 0.4) is 0 Å². The number of alkyl halides is 1. The standard InChI is InChI=1S/C24H21ClN2O2S/c1-2-19(20-11-12-30-24(20)25)23(17-8-9-21-18(13-17)14-26-27-21)16-6-3-15(4-7-16)5-10-22(28)29/h3-14,20,24H,2H2,1H3,(H,26,27)(H,28,29)/b10-5+,23-19+. The summed E-state index contributed by atoms with van der Waals surface area (Å²) in [5, 5.41) is 19.1. The average Bonchev–Trinajstić information content (AvgIpc) is 3.39. The van der Waals surface area contributed by atoms with Crippen LogP contribution in [0.5, 0.6) is 0 Å². The molecule has 0 bridgehead atoms. The average molecular weight is 437 g/mol. The molecule has 6 heteroatoms. The molecule has 4 nitrogen and oxygen atoms in total. The Morgan fingerprint density at radius 1 is 1.23 bits per heavy atom. The van der Waals surface area contributed by atoms with Crippen LogP contribution in [-0.2, 0) is 4.79 Å². The zero-order valence-corrected chi connectivity index (χ0v) is 18.0. The Kier molecular flexibility index (Phi) is 6.11. The third-order valence-corrected chi connectivity index (χ3v) is 6.68. The largest absolute Gasteiger partial charge is 0.478 e. The summed E-state index contributed by atoms with van der Waals surface area (Å²) in [4.78, 5) is 10.8. The van der Waals surface area contributed by atoms with E-state index < -0.39 is 5.97 Å². The predicted octanol–water partition coefficient (Wildman–Crippen LogP) is 6.31. The van der Waals surface area contributed by atoms with E-state index in [9.17, 15) is 4.79 Å². The van der Waals surface area contributed by atoms with Crippen molar-refractivity contribution in [3.63, 3.8) is 0 Å². The van der Waals surface area contributed by atoms with Gasteiger partial charge in [-0.1, -0.05) is 48.9 Å². The van der Waals surface area contributed by atoms with Gasteiger partial charge in [-0.3, -0.25) is 5.10 Å². The van der Waals surface area contributed by atoms with Gasteiger partial charge in [0.2, 0.25) is 0 Å². The lowest BCUT2D eigenvalue weighted by Crippen LogP contribution is -2.10. The molecule has 2 unspecified atom stereocenters. The van der Waals surface area contributed by atoms with E-state index in [2.05, 4.69) is 40.7 Å². The van der Waals surface area contributed by atoms with Crippen molar-refractivity contribution in [1.29, 1.82) is 0 Å². The fraction of sp³-hybridized carbons (Fsp3) is 0.167. The first kappa shape index (κ1) is 20.5. The molecule has 1 aliphatic heterocycles. The number of aromatic amines is 1. The number of rotatable bonds is 6. The highest BCUT2D eigenvalue weighted by Crippen LogP contribution is 2.43. The van der Waals surface area contributed by atoms with Gasteiger partial charge in [-0.25, -0.2) is 4.79 Å². The molecule has 4 rings (SSSR count). The summed E-state index contributed by atoms with van der Waals surface area (Å²) in [5.41, 5.74) is 6.48. The van der Waals surface area contributed by atoms with Gasteiger partial charge in [0.25, 0.3) is 0 Å². The molecule has 30 heavy (non-hydrogen) atoms. The topological polar surface area (TPSA) is 66.0 Å². The van der Waals surface area contributed by atoms with Crippen LogP contribution in [0.15, 0.2) is 71.8 Å². The molecule has 2 N–H and O–H groups in total. The number of fused-ring (bicyclic) bond motifs is 1. The smallest absolute Gasteiger partial charge is 0.328 e.